The van der Waals surface area contributed by atoms with Crippen molar-refractivity contribution in [3.05, 3.63) is 90.0 Å². The smallest absolute Gasteiger partial charge is 0.336 e. The van der Waals surface area contributed by atoms with E-state index in [4.69, 9.17) is 0 Å². The normalized spacial score (nSPS) is 11.1. The number of benzene rings is 2. The lowest BCUT2D eigenvalue weighted by molar-refractivity contribution is 0.0695. The number of pyridine rings is 1. The van der Waals surface area contributed by atoms with Gasteiger partial charge in [0.05, 0.1) is 17.8 Å². The van der Waals surface area contributed by atoms with Crippen LogP contribution in [0.3, 0.4) is 0 Å². The number of halogens is 1. The molecule has 27 heavy (non-hydrogen) atoms. The molecule has 6 nitrogen and oxygen atoms in total. The summed E-state index contributed by atoms with van der Waals surface area (Å²) in [6, 6.07) is 14.0. The molecule has 3 aromatic rings. The van der Waals surface area contributed by atoms with Gasteiger partial charge in [-0.15, -0.1) is 0 Å². The molecular weight excluding hydrogens is 371 g/mol. The monoisotopic (exact) mass is 386 g/mol. The molecule has 138 valence electrons. The molecule has 1 aromatic heterocycles. The van der Waals surface area contributed by atoms with Crippen LogP contribution < -0.4 is 4.31 Å². The van der Waals surface area contributed by atoms with Crippen molar-refractivity contribution in [2.24, 2.45) is 0 Å². The van der Waals surface area contributed by atoms with Crippen molar-refractivity contribution in [2.75, 3.05) is 4.31 Å². The molecule has 3 rings (SSSR count). The Hall–Kier alpha value is -3.26. The lowest BCUT2D eigenvalue weighted by atomic mass is 10.1. The molecule has 0 unspecified atom stereocenters. The Bertz CT molecular complexity index is 1070. The van der Waals surface area contributed by atoms with Gasteiger partial charge in [0.2, 0.25) is 0 Å². The minimum absolute atomic E-state index is 0.0275. The topological polar surface area (TPSA) is 87.6 Å². The highest BCUT2D eigenvalue weighted by molar-refractivity contribution is 7.92. The first-order valence-electron chi connectivity index (χ1n) is 7.89. The number of aromatic carboxylic acids is 1. The highest BCUT2D eigenvalue weighted by Gasteiger charge is 2.27. The Balaban J connectivity index is 2.14. The Kier molecular flexibility index (Phi) is 5.18. The molecule has 0 saturated heterocycles. The van der Waals surface area contributed by atoms with Crippen molar-refractivity contribution in [1.29, 1.82) is 0 Å². The maximum atomic E-state index is 13.7. The summed E-state index contributed by atoms with van der Waals surface area (Å²) in [5.74, 6) is -1.78. The Morgan fingerprint density at radius 1 is 1.07 bits per heavy atom. The maximum absolute atomic E-state index is 13.7. The largest absolute Gasteiger partial charge is 0.478 e. The van der Waals surface area contributed by atoms with Crippen molar-refractivity contribution in [3.63, 3.8) is 0 Å². The number of hydrogen-bond acceptors (Lipinski definition) is 4. The van der Waals surface area contributed by atoms with Gasteiger partial charge in [0, 0.05) is 12.4 Å². The van der Waals surface area contributed by atoms with Gasteiger partial charge in [-0.3, -0.25) is 9.29 Å². The van der Waals surface area contributed by atoms with Gasteiger partial charge in [0.25, 0.3) is 10.0 Å². The highest BCUT2D eigenvalue weighted by Crippen LogP contribution is 2.27. The number of nitrogens with zero attached hydrogens (tertiary/aromatic N) is 2. The first-order valence-corrected chi connectivity index (χ1v) is 9.33. The van der Waals surface area contributed by atoms with Crippen LogP contribution in [0.4, 0.5) is 10.1 Å². The molecule has 0 atom stereocenters. The highest BCUT2D eigenvalue weighted by atomic mass is 32.2. The fourth-order valence-corrected chi connectivity index (χ4v) is 3.99. The fourth-order valence-electron chi connectivity index (χ4n) is 2.59. The molecule has 8 heteroatoms. The minimum atomic E-state index is -4.10. The van der Waals surface area contributed by atoms with Crippen molar-refractivity contribution >= 4 is 21.7 Å². The van der Waals surface area contributed by atoms with E-state index in [2.05, 4.69) is 4.98 Å². The summed E-state index contributed by atoms with van der Waals surface area (Å²) >= 11 is 0. The minimum Gasteiger partial charge on any atom is -0.478 e. The van der Waals surface area contributed by atoms with Crippen molar-refractivity contribution < 1.29 is 22.7 Å². The summed E-state index contributed by atoms with van der Waals surface area (Å²) in [5.41, 5.74) is 0.334. The molecule has 0 bridgehead atoms. The van der Waals surface area contributed by atoms with Crippen LogP contribution in [0, 0.1) is 5.82 Å². The number of anilines is 1. The third kappa shape index (κ3) is 3.95. The summed E-state index contributed by atoms with van der Waals surface area (Å²) in [7, 11) is -4.10. The molecule has 0 amide bonds. The SMILES string of the molecule is O=C(O)c1ccccc1CN(c1cccc(F)c1)S(=O)(=O)c1cccnc1. The van der Waals surface area contributed by atoms with Crippen molar-refractivity contribution in [3.8, 4) is 0 Å². The Morgan fingerprint density at radius 3 is 2.52 bits per heavy atom. The van der Waals surface area contributed by atoms with Crippen LogP contribution in [0.15, 0.2) is 78.0 Å². The Labute approximate surface area is 155 Å². The molecule has 1 heterocycles. The summed E-state index contributed by atoms with van der Waals surface area (Å²) in [6.45, 7) is -0.275. The Morgan fingerprint density at radius 2 is 1.85 bits per heavy atom. The summed E-state index contributed by atoms with van der Waals surface area (Å²) in [4.78, 5) is 15.2. The van der Waals surface area contributed by atoms with E-state index in [1.165, 1.54) is 54.9 Å². The van der Waals surface area contributed by atoms with E-state index in [1.807, 2.05) is 0 Å². The number of rotatable bonds is 6. The van der Waals surface area contributed by atoms with Gasteiger partial charge in [-0.05, 0) is 42.0 Å². The number of carboxylic acids is 1. The number of carbonyl (C=O) groups is 1. The van der Waals surface area contributed by atoms with Gasteiger partial charge in [-0.25, -0.2) is 17.6 Å². The molecule has 0 aliphatic carbocycles. The third-order valence-electron chi connectivity index (χ3n) is 3.88. The van der Waals surface area contributed by atoms with Crippen molar-refractivity contribution in [2.45, 2.75) is 11.4 Å². The summed E-state index contributed by atoms with van der Waals surface area (Å²) < 4.78 is 41.0. The van der Waals surface area contributed by atoms with Crippen LogP contribution in [-0.2, 0) is 16.6 Å². The van der Waals surface area contributed by atoms with Gasteiger partial charge < -0.3 is 5.11 Å². The molecule has 0 aliphatic rings. The lowest BCUT2D eigenvalue weighted by Crippen LogP contribution is -2.31. The van der Waals surface area contributed by atoms with E-state index in [9.17, 15) is 22.7 Å². The second-order valence-corrected chi connectivity index (χ2v) is 7.50. The molecule has 0 spiro atoms. The molecule has 0 radical (unpaired) electrons. The van der Waals surface area contributed by atoms with Crippen LogP contribution in [-0.4, -0.2) is 24.5 Å². The lowest BCUT2D eigenvalue weighted by Gasteiger charge is -2.25. The summed E-state index contributed by atoms with van der Waals surface area (Å²) in [6.07, 6.45) is 2.62. The first-order chi connectivity index (χ1) is 12.9. The number of sulfonamides is 1. The molecular formula is C19H15FN2O4S. The van der Waals surface area contributed by atoms with Crippen LogP contribution in [0.2, 0.25) is 0 Å². The number of aromatic nitrogens is 1. The van der Waals surface area contributed by atoms with Gasteiger partial charge in [0.1, 0.15) is 10.7 Å². The van der Waals surface area contributed by atoms with E-state index in [-0.39, 0.29) is 28.3 Å². The maximum Gasteiger partial charge on any atom is 0.336 e. The zero-order valence-corrected chi connectivity index (χ0v) is 14.8. The molecule has 0 fully saturated rings. The van der Waals surface area contributed by atoms with E-state index in [0.29, 0.717) is 0 Å². The van der Waals surface area contributed by atoms with Gasteiger partial charge in [0.15, 0.2) is 0 Å². The molecule has 0 aliphatic heterocycles. The van der Waals surface area contributed by atoms with Crippen molar-refractivity contribution in [1.82, 2.24) is 4.98 Å². The molecule has 2 aromatic carbocycles. The van der Waals surface area contributed by atoms with E-state index < -0.39 is 21.8 Å². The predicted molar refractivity (Wildman–Crippen MR) is 97.4 cm³/mol. The fraction of sp³-hybridized carbons (Fsp3) is 0.0526. The van der Waals surface area contributed by atoms with Crippen LogP contribution in [0.1, 0.15) is 15.9 Å². The standard InChI is InChI=1S/C19H15FN2O4S/c20-15-6-3-7-16(11-15)22(27(25,26)17-8-4-10-21-12-17)13-14-5-1-2-9-18(14)19(23)24/h1-12H,13H2,(H,23,24). The van der Waals surface area contributed by atoms with Gasteiger partial charge in [-0.1, -0.05) is 24.3 Å². The van der Waals surface area contributed by atoms with E-state index in [0.717, 1.165) is 10.4 Å². The molecule has 0 saturated carbocycles. The average Bonchev–Trinajstić information content (AvgIpc) is 2.67. The summed E-state index contributed by atoms with van der Waals surface area (Å²) in [5, 5.41) is 9.38. The van der Waals surface area contributed by atoms with Crippen LogP contribution in [0.5, 0.6) is 0 Å². The predicted octanol–water partition coefficient (Wildman–Crippen LogP) is 3.31. The second kappa shape index (κ2) is 7.55. The zero-order chi connectivity index (χ0) is 19.4. The van der Waals surface area contributed by atoms with Gasteiger partial charge >= 0.3 is 5.97 Å². The number of hydrogen-bond donors (Lipinski definition) is 1. The third-order valence-corrected chi connectivity index (χ3v) is 5.64. The second-order valence-electron chi connectivity index (χ2n) is 5.64. The number of carboxylic acid groups (broad SMARTS) is 1. The van der Waals surface area contributed by atoms with E-state index >= 15 is 0 Å². The van der Waals surface area contributed by atoms with Crippen LogP contribution >= 0.6 is 0 Å². The van der Waals surface area contributed by atoms with Gasteiger partial charge in [-0.2, -0.15) is 0 Å². The zero-order valence-electron chi connectivity index (χ0n) is 14.0. The molecule has 1 N–H and O–H groups in total. The quantitative estimate of drug-likeness (QED) is 0.702. The average molecular weight is 386 g/mol. The van der Waals surface area contributed by atoms with E-state index in [1.54, 1.807) is 12.1 Å². The van der Waals surface area contributed by atoms with Crippen LogP contribution in [0.25, 0.3) is 0 Å². The first kappa shape index (κ1) is 18.5.